The number of hydrogen-bond acceptors (Lipinski definition) is 6. The number of benzene rings is 1. The molecule has 1 aliphatic heterocycles. The summed E-state index contributed by atoms with van der Waals surface area (Å²) in [4.78, 5) is 25.5. The van der Waals surface area contributed by atoms with E-state index in [-0.39, 0.29) is 17.0 Å². The number of ether oxygens (including phenoxy) is 3. The van der Waals surface area contributed by atoms with E-state index >= 15 is 0 Å². The first-order chi connectivity index (χ1) is 12.7. The Morgan fingerprint density at radius 3 is 2.33 bits per heavy atom. The molecule has 1 aliphatic rings. The van der Waals surface area contributed by atoms with Crippen LogP contribution < -0.4 is 9.64 Å². The van der Waals surface area contributed by atoms with Gasteiger partial charge < -0.3 is 19.1 Å². The van der Waals surface area contributed by atoms with Crippen molar-refractivity contribution < 1.29 is 37.0 Å². The highest BCUT2D eigenvalue weighted by Crippen LogP contribution is 2.38. The van der Waals surface area contributed by atoms with Gasteiger partial charge in [-0.2, -0.15) is 0 Å². The van der Waals surface area contributed by atoms with Gasteiger partial charge in [-0.25, -0.2) is 9.59 Å². The Hall–Kier alpha value is -2.75. The Balaban J connectivity index is 2.71. The number of nitrogens with zero attached hydrogens (tertiary/aromatic N) is 1. The number of alkyl halides is 3. The number of allylic oxidation sites excluding steroid dienone is 2. The van der Waals surface area contributed by atoms with E-state index in [2.05, 4.69) is 25.4 Å². The minimum absolute atomic E-state index is 0.141. The van der Waals surface area contributed by atoms with Crippen LogP contribution in [-0.2, 0) is 19.1 Å². The Bertz CT molecular complexity index is 845. The van der Waals surface area contributed by atoms with Crippen molar-refractivity contribution in [3.8, 4) is 5.75 Å². The average molecular weight is 448 g/mol. The molecule has 0 radical (unpaired) electrons. The molecule has 0 bridgehead atoms. The van der Waals surface area contributed by atoms with Gasteiger partial charge in [0.05, 0.1) is 25.5 Å². The molecular weight excluding hydrogens is 435 g/mol. The van der Waals surface area contributed by atoms with E-state index in [0.717, 1.165) is 25.2 Å². The minimum atomic E-state index is -4.97. The second-order valence-electron chi connectivity index (χ2n) is 4.98. The van der Waals surface area contributed by atoms with Crippen molar-refractivity contribution >= 4 is 33.6 Å². The number of halogens is 4. The molecule has 0 saturated heterocycles. The lowest BCUT2D eigenvalue weighted by Gasteiger charge is -2.25. The monoisotopic (exact) mass is 447 g/mol. The zero-order valence-electron chi connectivity index (χ0n) is 14.0. The van der Waals surface area contributed by atoms with Gasteiger partial charge >= 0.3 is 18.3 Å². The maximum atomic E-state index is 12.8. The third-order valence-electron chi connectivity index (χ3n) is 3.30. The SMILES string of the molecule is COC(=O)C1=C(C(=O)OC)N(c2ccc(Br)cc2OC(F)(F)F)C=CC=C1. The maximum absolute atomic E-state index is 12.8. The van der Waals surface area contributed by atoms with Crippen LogP contribution in [0.2, 0.25) is 0 Å². The molecular formula is C17H13BrF3NO5. The maximum Gasteiger partial charge on any atom is 0.573 e. The minimum Gasteiger partial charge on any atom is -0.465 e. The van der Waals surface area contributed by atoms with Crippen molar-refractivity contribution in [2.24, 2.45) is 0 Å². The first-order valence-electron chi connectivity index (χ1n) is 7.28. The summed E-state index contributed by atoms with van der Waals surface area (Å²) in [5, 5.41) is 0. The fraction of sp³-hybridized carbons (Fsp3) is 0.176. The lowest BCUT2D eigenvalue weighted by molar-refractivity contribution is -0.274. The van der Waals surface area contributed by atoms with Crippen molar-refractivity contribution in [3.63, 3.8) is 0 Å². The van der Waals surface area contributed by atoms with Crippen LogP contribution in [0.25, 0.3) is 0 Å². The fourth-order valence-corrected chi connectivity index (χ4v) is 2.58. The normalized spacial score (nSPS) is 14.1. The van der Waals surface area contributed by atoms with Gasteiger partial charge in [0.1, 0.15) is 5.70 Å². The zero-order valence-corrected chi connectivity index (χ0v) is 15.6. The summed E-state index contributed by atoms with van der Waals surface area (Å²) in [5.41, 5.74) is -0.670. The fourth-order valence-electron chi connectivity index (χ4n) is 2.24. The smallest absolute Gasteiger partial charge is 0.465 e. The van der Waals surface area contributed by atoms with Crippen molar-refractivity contribution in [2.45, 2.75) is 6.36 Å². The van der Waals surface area contributed by atoms with E-state index in [9.17, 15) is 22.8 Å². The Labute approximate surface area is 160 Å². The van der Waals surface area contributed by atoms with E-state index in [1.807, 2.05) is 0 Å². The number of hydrogen-bond donors (Lipinski definition) is 0. The van der Waals surface area contributed by atoms with Crippen LogP contribution in [0.4, 0.5) is 18.9 Å². The molecule has 2 rings (SSSR count). The van der Waals surface area contributed by atoms with Crippen molar-refractivity contribution in [2.75, 3.05) is 19.1 Å². The molecule has 0 spiro atoms. The lowest BCUT2D eigenvalue weighted by atomic mass is 10.1. The van der Waals surface area contributed by atoms with Gasteiger partial charge in [0.2, 0.25) is 0 Å². The van der Waals surface area contributed by atoms with Crippen LogP contribution in [0.15, 0.2) is 58.4 Å². The molecule has 0 N–H and O–H groups in total. The van der Waals surface area contributed by atoms with E-state index in [1.54, 1.807) is 0 Å². The molecule has 27 heavy (non-hydrogen) atoms. The van der Waals surface area contributed by atoms with Crippen LogP contribution in [0.3, 0.4) is 0 Å². The number of rotatable bonds is 4. The van der Waals surface area contributed by atoms with Gasteiger partial charge in [-0.05, 0) is 30.4 Å². The van der Waals surface area contributed by atoms with Gasteiger partial charge in [-0.3, -0.25) is 0 Å². The highest BCUT2D eigenvalue weighted by Gasteiger charge is 2.35. The van der Waals surface area contributed by atoms with Crippen LogP contribution in [0, 0.1) is 0 Å². The van der Waals surface area contributed by atoms with E-state index in [1.165, 1.54) is 36.6 Å². The number of carbonyl (C=O) groups is 2. The molecule has 6 nitrogen and oxygen atoms in total. The van der Waals surface area contributed by atoms with Crippen LogP contribution in [0.5, 0.6) is 5.75 Å². The van der Waals surface area contributed by atoms with Gasteiger partial charge in [0.15, 0.2) is 5.75 Å². The Kier molecular flexibility index (Phi) is 6.32. The largest absolute Gasteiger partial charge is 0.573 e. The topological polar surface area (TPSA) is 65.1 Å². The van der Waals surface area contributed by atoms with Gasteiger partial charge in [-0.1, -0.05) is 22.0 Å². The predicted octanol–water partition coefficient (Wildman–Crippen LogP) is 3.84. The summed E-state index contributed by atoms with van der Waals surface area (Å²) in [6, 6.07) is 3.83. The van der Waals surface area contributed by atoms with E-state index < -0.39 is 24.1 Å². The standard InChI is InChI=1S/C17H13BrF3NO5/c1-25-15(23)11-5-3-4-8-22(14(11)16(24)26-2)12-7-6-10(18)9-13(12)27-17(19,20)21/h3-9H,1-2H3. The summed E-state index contributed by atoms with van der Waals surface area (Å²) in [7, 11) is 2.19. The molecule has 0 atom stereocenters. The molecule has 10 heteroatoms. The average Bonchev–Trinajstić information content (AvgIpc) is 2.82. The number of esters is 2. The first kappa shape index (κ1) is 20.6. The van der Waals surface area contributed by atoms with Crippen LogP contribution in [-0.4, -0.2) is 32.5 Å². The summed E-state index contributed by atoms with van der Waals surface area (Å²) >= 11 is 3.07. The highest BCUT2D eigenvalue weighted by molar-refractivity contribution is 9.10. The molecule has 1 aromatic rings. The third kappa shape index (κ3) is 4.91. The van der Waals surface area contributed by atoms with Crippen molar-refractivity contribution in [1.29, 1.82) is 0 Å². The quantitative estimate of drug-likeness (QED) is 0.653. The van der Waals surface area contributed by atoms with Crippen molar-refractivity contribution in [1.82, 2.24) is 0 Å². The first-order valence-corrected chi connectivity index (χ1v) is 8.07. The summed E-state index contributed by atoms with van der Waals surface area (Å²) in [6.07, 6.45) is 0.475. The van der Waals surface area contributed by atoms with Gasteiger partial charge in [0, 0.05) is 10.7 Å². The lowest BCUT2D eigenvalue weighted by Crippen LogP contribution is -2.28. The Morgan fingerprint density at radius 1 is 1.07 bits per heavy atom. The molecule has 0 unspecified atom stereocenters. The van der Waals surface area contributed by atoms with Gasteiger partial charge in [0.25, 0.3) is 0 Å². The summed E-state index contributed by atoms with van der Waals surface area (Å²) in [5.74, 6) is -2.41. The highest BCUT2D eigenvalue weighted by atomic mass is 79.9. The predicted molar refractivity (Wildman–Crippen MR) is 92.6 cm³/mol. The second-order valence-corrected chi connectivity index (χ2v) is 5.89. The third-order valence-corrected chi connectivity index (χ3v) is 3.79. The zero-order chi connectivity index (χ0) is 20.2. The molecule has 0 saturated carbocycles. The molecule has 144 valence electrons. The molecule has 1 heterocycles. The van der Waals surface area contributed by atoms with Crippen LogP contribution >= 0.6 is 15.9 Å². The Morgan fingerprint density at radius 2 is 1.74 bits per heavy atom. The molecule has 0 fully saturated rings. The van der Waals surface area contributed by atoms with Gasteiger partial charge in [-0.15, -0.1) is 13.2 Å². The summed E-state index contributed by atoms with van der Waals surface area (Å²) in [6.45, 7) is 0. The number of anilines is 1. The molecule has 0 aliphatic carbocycles. The molecule has 0 amide bonds. The van der Waals surface area contributed by atoms with Crippen LogP contribution in [0.1, 0.15) is 0 Å². The van der Waals surface area contributed by atoms with E-state index in [0.29, 0.717) is 4.47 Å². The van der Waals surface area contributed by atoms with E-state index in [4.69, 9.17) is 4.74 Å². The number of carbonyl (C=O) groups excluding carboxylic acids is 2. The second kappa shape index (κ2) is 8.30. The molecule has 1 aromatic carbocycles. The summed E-state index contributed by atoms with van der Waals surface area (Å²) < 4.78 is 52.2. The van der Waals surface area contributed by atoms with Crippen molar-refractivity contribution in [3.05, 3.63) is 58.4 Å². The number of methoxy groups -OCH3 is 2. The molecule has 0 aromatic heterocycles.